The van der Waals surface area contributed by atoms with E-state index in [1.807, 2.05) is 107 Å². The zero-order valence-electron chi connectivity index (χ0n) is 81.7. The normalized spacial score (nSPS) is 16.8. The van der Waals surface area contributed by atoms with Gasteiger partial charge in [0, 0.05) is 85.7 Å². The number of phenolic OH excluding ortho intramolecular Hbond substituents is 1. The number of rotatable bonds is 55. The minimum Gasteiger partial charge on any atom is -0.508 e. The van der Waals surface area contributed by atoms with Gasteiger partial charge in [-0.05, 0) is 179 Å². The Hall–Kier alpha value is -13.0. The van der Waals surface area contributed by atoms with Gasteiger partial charge in [0.05, 0.1) is 34.8 Å². The van der Waals surface area contributed by atoms with Gasteiger partial charge in [-0.15, -0.1) is 0 Å². The molecule has 2 heterocycles. The first-order valence-electron chi connectivity index (χ1n) is 48.5. The molecule has 11 amide bonds. The molecule has 10 atom stereocenters. The van der Waals surface area contributed by atoms with Crippen molar-refractivity contribution >= 4 is 120 Å². The lowest BCUT2D eigenvalue weighted by molar-refractivity contribution is -0.433. The number of carboxylic acids is 1. The van der Waals surface area contributed by atoms with Crippen molar-refractivity contribution in [3.8, 4) is 5.75 Å². The number of nitrogens with two attached hydrogens (primary N) is 2. The molecule has 5 aromatic carbocycles. The van der Waals surface area contributed by atoms with E-state index in [-0.39, 0.29) is 104 Å². The number of nitrogens with zero attached hydrogens (tertiary/aromatic N) is 2. The number of phenols is 1. The molecule has 770 valence electrons. The molecular weight excluding hydrogens is 1870 g/mol. The third-order valence-corrected chi connectivity index (χ3v) is 28.0. The van der Waals surface area contributed by atoms with Crippen LogP contribution in [0.3, 0.4) is 0 Å². The van der Waals surface area contributed by atoms with E-state index in [0.717, 1.165) is 47.5 Å². The molecule has 9 rings (SSSR count). The summed E-state index contributed by atoms with van der Waals surface area (Å²) in [5, 5.41) is 79.2. The molecule has 142 heavy (non-hydrogen) atoms. The average molecular weight is 2010 g/mol. The number of hydrogen-bond donors (Lipinski definition) is 20. The standard InChI is InChI=1S/C102H138N16O22S2/c1-9-66(90(103)125)32-24-25-49-106-91(126)82(60-119)115-97(132)80(56-68-42-41-67-33-22-23-34-72(67)68)114-93(128)76(52-62(3)4)110-94(129)79(55-65-39-43-69(121)44-40-65)111-92(127)75(35-27-50-107-100(104)105)109-99(134)83(61-120)116-96(131)78(54-64-30-17-12-18-31-64)112-95(130)77(53-63-28-15-11-16-29-63)113-98(133)81(59-89(123)124)108-88(122)38-21-14-26-51-118-85-48-46-71(142(138,139)140)58-74(85)102(7,8)87(118)37-20-13-19-36-86-101(5,6)73-57-70(141(135,136)137)45-47-84(73)117(86)10-2/h12-13,17-20,22-23,30-31,33-34,36-37,39-40,42-48,57-58,62-63,66,75-83,119-120H,9-11,14-16,21,24-29,32,35,38,41,49-56,59-61H2,1-8H3,(H19-,103,104,105,106,107,108,109,110,111,112,113,114,115,116,121,122,123,124,125,126,127,128,129,130,131,132,133,134,135,136,137,138,139,140)/p+1/t66?,75-,76+,77+,78+,79+,80+,81+,82+,83-/m1/s1. The van der Waals surface area contributed by atoms with Crippen LogP contribution in [0.15, 0.2) is 167 Å². The number of amides is 11. The van der Waals surface area contributed by atoms with Gasteiger partial charge >= 0.3 is 5.97 Å². The van der Waals surface area contributed by atoms with E-state index < -0.39 is 182 Å². The first-order valence-corrected chi connectivity index (χ1v) is 51.4. The van der Waals surface area contributed by atoms with Crippen LogP contribution in [0.4, 0.5) is 11.4 Å². The van der Waals surface area contributed by atoms with Crippen LogP contribution in [-0.2, 0) is 108 Å². The summed E-state index contributed by atoms with van der Waals surface area (Å²) in [5.74, 6) is -12.5. The zero-order chi connectivity index (χ0) is 104. The van der Waals surface area contributed by atoms with Crippen LogP contribution in [-0.4, -0.2) is 227 Å². The number of carboxylic acid groups (broad SMARTS) is 1. The molecule has 0 aromatic heterocycles. The number of anilines is 1. The molecule has 2 aliphatic carbocycles. The third kappa shape index (κ3) is 32.2. The number of fused-ring (bicyclic) bond motifs is 3. The lowest BCUT2D eigenvalue weighted by atomic mass is 9.81. The number of allylic oxidation sites excluding steroid dienone is 7. The molecule has 1 saturated carbocycles. The highest BCUT2D eigenvalue weighted by Crippen LogP contribution is 2.49. The van der Waals surface area contributed by atoms with E-state index >= 15 is 14.4 Å². The van der Waals surface area contributed by atoms with Gasteiger partial charge < -0.3 is 95.3 Å². The van der Waals surface area contributed by atoms with Crippen LogP contribution >= 0.6 is 0 Å². The van der Waals surface area contributed by atoms with Crippen LogP contribution in [0, 0.1) is 23.2 Å². The van der Waals surface area contributed by atoms with Crippen LogP contribution in [0.5, 0.6) is 5.75 Å². The van der Waals surface area contributed by atoms with Crippen molar-refractivity contribution in [3.63, 3.8) is 0 Å². The van der Waals surface area contributed by atoms with Gasteiger partial charge in [-0.25, -0.2) is 0 Å². The number of aliphatic carboxylic acids is 1. The Morgan fingerprint density at radius 1 is 0.542 bits per heavy atom. The Morgan fingerprint density at radius 3 is 1.68 bits per heavy atom. The Kier molecular flexibility index (Phi) is 41.7. The Bertz CT molecular complexity index is 5760. The minimum absolute atomic E-state index is 0.00327. The Morgan fingerprint density at radius 2 is 1.08 bits per heavy atom. The molecule has 4 aliphatic rings. The summed E-state index contributed by atoms with van der Waals surface area (Å²) in [6.07, 6.45) is 16.5. The SMILES string of the molecule is CCC(CCCCNC(=O)[C@H](CO)NC(=O)[C@H](CC1=CCc2ccccc21)NC(=O)[C@H](CC(C)C)NC(=O)[C@H](Cc1ccc(O)cc1)NC(=O)[C@@H](CCCNC(=N)N)NC(=O)[C@@H](CO)NC(=O)[C@H](Cc1ccccc1)NC(=O)[C@H](CC1CCCCC1)NC(=O)[C@H](CC(=O)O)NC(=O)CCCCCN1/C(=C/C=C/C=C/C2=[N+](CC)c3ccc(S(=O)(=O)O)cc3C2(C)C)C(C)(C)c2cc(S(=O)(=O)O)ccc21)C(N)=O. The smallest absolute Gasteiger partial charge is 0.305 e. The maximum absolute atomic E-state index is 15.1. The van der Waals surface area contributed by atoms with Gasteiger partial charge in [0.2, 0.25) is 70.7 Å². The van der Waals surface area contributed by atoms with E-state index in [9.17, 15) is 89.5 Å². The van der Waals surface area contributed by atoms with Crippen LogP contribution in [0.2, 0.25) is 0 Å². The largest absolute Gasteiger partial charge is 0.508 e. The molecule has 0 saturated heterocycles. The van der Waals surface area contributed by atoms with Crippen molar-refractivity contribution < 1.29 is 108 Å². The fraction of sp³-hybridized carbons (Fsp3) is 0.490. The predicted octanol–water partition coefficient (Wildman–Crippen LogP) is 6.05. The quantitative estimate of drug-likeness (QED) is 0.00526. The second-order valence-electron chi connectivity index (χ2n) is 38.0. The average Bonchev–Trinajstić information content (AvgIpc) is 1.59. The molecule has 1 fully saturated rings. The zero-order valence-corrected chi connectivity index (χ0v) is 83.4. The van der Waals surface area contributed by atoms with E-state index in [1.54, 1.807) is 56.3 Å². The maximum Gasteiger partial charge on any atom is 0.305 e. The summed E-state index contributed by atoms with van der Waals surface area (Å²) in [7, 11) is -9.09. The monoisotopic (exact) mass is 2000 g/mol. The summed E-state index contributed by atoms with van der Waals surface area (Å²) in [4.78, 5) is 173. The lowest BCUT2D eigenvalue weighted by Gasteiger charge is -2.30. The molecule has 22 N–H and O–H groups in total. The summed E-state index contributed by atoms with van der Waals surface area (Å²) >= 11 is 0. The number of carbonyl (C=O) groups is 12. The second kappa shape index (κ2) is 52.6. The molecule has 0 radical (unpaired) electrons. The molecule has 5 aromatic rings. The Balaban J connectivity index is 0.885. The minimum atomic E-state index is -4.62. The lowest BCUT2D eigenvalue weighted by Crippen LogP contribution is -2.61. The van der Waals surface area contributed by atoms with Gasteiger partial charge in [-0.1, -0.05) is 171 Å². The molecule has 40 heteroatoms. The van der Waals surface area contributed by atoms with Crippen LogP contribution in [0.1, 0.15) is 211 Å². The van der Waals surface area contributed by atoms with E-state index in [1.165, 1.54) is 48.5 Å². The summed E-state index contributed by atoms with van der Waals surface area (Å²) < 4.78 is 71.3. The van der Waals surface area contributed by atoms with Crippen LogP contribution < -0.4 is 74.9 Å². The second-order valence-corrected chi connectivity index (χ2v) is 40.9. The third-order valence-electron chi connectivity index (χ3n) is 26.3. The number of aromatic hydroxyl groups is 1. The topological polar surface area (TPSA) is 609 Å². The van der Waals surface area contributed by atoms with Crippen molar-refractivity contribution in [1.29, 1.82) is 5.41 Å². The number of primary amides is 1. The van der Waals surface area contributed by atoms with Crippen molar-refractivity contribution in [2.24, 2.45) is 29.2 Å². The first-order chi connectivity index (χ1) is 67.3. The fourth-order valence-electron chi connectivity index (χ4n) is 18.5. The number of carbonyl (C=O) groups excluding carboxylic acids is 11. The predicted molar refractivity (Wildman–Crippen MR) is 534 cm³/mol. The first kappa shape index (κ1) is 113. The van der Waals surface area contributed by atoms with Crippen LogP contribution in [0.25, 0.3) is 5.57 Å². The van der Waals surface area contributed by atoms with Gasteiger partial charge in [-0.3, -0.25) is 72.0 Å². The maximum atomic E-state index is 15.1. The molecular formula is C102H139N16O22S2+. The Labute approximate surface area is 829 Å². The highest BCUT2D eigenvalue weighted by Gasteiger charge is 2.46. The summed E-state index contributed by atoms with van der Waals surface area (Å²) in [5.41, 5.74) is 17.4. The highest BCUT2D eigenvalue weighted by molar-refractivity contribution is 7.86. The van der Waals surface area contributed by atoms with Gasteiger partial charge in [0.15, 0.2) is 11.7 Å². The van der Waals surface area contributed by atoms with E-state index in [2.05, 4.69) is 63.1 Å². The molecule has 2 aliphatic heterocycles. The van der Waals surface area contributed by atoms with E-state index in [0.29, 0.717) is 104 Å². The number of hydrogen-bond acceptors (Lipinski definition) is 21. The number of guanidine groups is 1. The number of nitrogens with one attached hydrogen (secondary N) is 12. The van der Waals surface area contributed by atoms with Gasteiger partial charge in [-0.2, -0.15) is 21.4 Å². The number of aliphatic hydroxyl groups excluding tert-OH is 2. The number of aliphatic hydroxyl groups is 2. The molecule has 0 spiro atoms. The molecule has 1 unspecified atom stereocenters. The van der Waals surface area contributed by atoms with Crippen molar-refractivity contribution in [3.05, 3.63) is 191 Å². The van der Waals surface area contributed by atoms with Gasteiger partial charge in [0.25, 0.3) is 20.2 Å². The summed E-state index contributed by atoms with van der Waals surface area (Å²) in [6, 6.07) is 16.0. The van der Waals surface area contributed by atoms with E-state index in [4.69, 9.17) is 16.9 Å². The highest BCUT2D eigenvalue weighted by atomic mass is 32.2. The number of benzene rings is 5. The number of unbranched alkanes of at least 4 members (excludes halogenated alkanes) is 3. The van der Waals surface area contributed by atoms with Crippen molar-refractivity contribution in [2.75, 3.05) is 44.3 Å². The van der Waals surface area contributed by atoms with Gasteiger partial charge in [0.1, 0.15) is 66.7 Å². The van der Waals surface area contributed by atoms with Crippen molar-refractivity contribution in [2.45, 2.75) is 272 Å². The molecule has 38 nitrogen and oxygen atoms in total. The van der Waals surface area contributed by atoms with Crippen molar-refractivity contribution in [1.82, 2.24) is 58.5 Å². The fourth-order valence-corrected chi connectivity index (χ4v) is 19.5. The molecule has 0 bridgehead atoms. The summed E-state index contributed by atoms with van der Waals surface area (Å²) in [6.45, 7) is 14.1.